The van der Waals surface area contributed by atoms with Gasteiger partial charge in [-0.2, -0.15) is 0 Å². The van der Waals surface area contributed by atoms with E-state index in [1.807, 2.05) is 6.07 Å². The molecular weight excluding hydrogens is 362 g/mol. The van der Waals surface area contributed by atoms with Crippen molar-refractivity contribution in [2.75, 3.05) is 39.3 Å². The average molecular weight is 393 g/mol. The molecule has 0 radical (unpaired) electrons. The lowest BCUT2D eigenvalue weighted by atomic mass is 10.1. The van der Waals surface area contributed by atoms with Crippen molar-refractivity contribution < 1.29 is 9.15 Å². The first-order valence-electron chi connectivity index (χ1n) is 11.1. The molecule has 1 aromatic rings. The minimum absolute atomic E-state index is 0.789. The molecule has 1 aliphatic carbocycles. The zero-order chi connectivity index (χ0) is 19.6. The lowest BCUT2D eigenvalue weighted by molar-refractivity contribution is 0.225. The molecule has 1 fully saturated rings. The summed E-state index contributed by atoms with van der Waals surface area (Å²) in [5.74, 6) is 1.81. The highest BCUT2D eigenvalue weighted by Crippen LogP contribution is 2.32. The van der Waals surface area contributed by atoms with Crippen molar-refractivity contribution in [3.05, 3.63) is 41.3 Å². The number of fused-ring (bicyclic) bond motifs is 3. The molecule has 3 heterocycles. The van der Waals surface area contributed by atoms with Gasteiger partial charge in [-0.3, -0.25) is 4.90 Å². The molecule has 0 N–H and O–H groups in total. The van der Waals surface area contributed by atoms with Crippen LogP contribution in [0.1, 0.15) is 38.2 Å². The van der Waals surface area contributed by atoms with Gasteiger partial charge in [0.1, 0.15) is 23.5 Å². The van der Waals surface area contributed by atoms with Crippen LogP contribution in [0.3, 0.4) is 0 Å². The second-order valence-electron chi connectivity index (χ2n) is 8.23. The van der Waals surface area contributed by atoms with E-state index in [0.717, 1.165) is 67.4 Å². The Morgan fingerprint density at radius 2 is 1.97 bits per heavy atom. The number of rotatable bonds is 4. The number of piperidine rings is 1. The minimum atomic E-state index is 0.789. The van der Waals surface area contributed by atoms with Crippen molar-refractivity contribution in [2.24, 2.45) is 0 Å². The topological polar surface area (TPSA) is 41.5 Å². The average Bonchev–Trinajstić information content (AvgIpc) is 2.77. The molecule has 5 nitrogen and oxygen atoms in total. The Balaban J connectivity index is 1.50. The van der Waals surface area contributed by atoms with Crippen molar-refractivity contribution in [3.8, 4) is 17.2 Å². The van der Waals surface area contributed by atoms with Gasteiger partial charge in [-0.15, -0.1) is 0 Å². The van der Waals surface area contributed by atoms with Gasteiger partial charge in [-0.25, -0.2) is 9.56 Å². The van der Waals surface area contributed by atoms with Crippen molar-refractivity contribution in [3.63, 3.8) is 0 Å². The zero-order valence-corrected chi connectivity index (χ0v) is 17.3. The van der Waals surface area contributed by atoms with E-state index in [1.54, 1.807) is 0 Å². The summed E-state index contributed by atoms with van der Waals surface area (Å²) in [6, 6.07) is 10.5. The molecule has 3 aliphatic heterocycles. The number of likely N-dealkylation sites (tertiary alicyclic amines) is 1. The van der Waals surface area contributed by atoms with Gasteiger partial charge < -0.3 is 9.15 Å². The van der Waals surface area contributed by atoms with Crippen LogP contribution in [-0.4, -0.2) is 49.2 Å². The van der Waals surface area contributed by atoms with Crippen LogP contribution in [0.5, 0.6) is 5.75 Å². The maximum atomic E-state index is 6.29. The molecule has 29 heavy (non-hydrogen) atoms. The van der Waals surface area contributed by atoms with E-state index in [2.05, 4.69) is 40.7 Å². The second-order valence-corrected chi connectivity index (χ2v) is 8.23. The normalized spacial score (nSPS) is 18.5. The third-order valence-electron chi connectivity index (χ3n) is 6.28. The van der Waals surface area contributed by atoms with Crippen molar-refractivity contribution in [2.45, 2.75) is 39.0 Å². The molecule has 4 aliphatic rings. The maximum absolute atomic E-state index is 6.29. The number of aromatic nitrogens is 1. The lowest BCUT2D eigenvalue weighted by Gasteiger charge is -2.25. The number of hydrogen-bond donors (Lipinski definition) is 0. The number of hydrogen-bond acceptors (Lipinski definition) is 4. The van der Waals surface area contributed by atoms with Crippen molar-refractivity contribution in [1.29, 1.82) is 0 Å². The molecule has 1 saturated heterocycles. The molecule has 0 bridgehead atoms. The third kappa shape index (κ3) is 3.88. The van der Waals surface area contributed by atoms with Gasteiger partial charge in [-0.1, -0.05) is 6.42 Å². The summed E-state index contributed by atoms with van der Waals surface area (Å²) >= 11 is 0. The number of nitrogens with zero attached hydrogens (tertiary/aromatic N) is 3. The van der Waals surface area contributed by atoms with E-state index in [1.165, 1.54) is 43.3 Å². The molecular formula is C24H30N3O2+. The van der Waals surface area contributed by atoms with Crippen LogP contribution in [0.25, 0.3) is 22.6 Å². The molecule has 0 spiro atoms. The fourth-order valence-corrected chi connectivity index (χ4v) is 4.57. The summed E-state index contributed by atoms with van der Waals surface area (Å²) in [5.41, 5.74) is 3.82. The van der Waals surface area contributed by atoms with Crippen LogP contribution in [0.4, 0.5) is 0 Å². The summed E-state index contributed by atoms with van der Waals surface area (Å²) < 4.78 is 14.5. The van der Waals surface area contributed by atoms with Crippen LogP contribution < -0.4 is 14.7 Å². The van der Waals surface area contributed by atoms with Gasteiger partial charge in [0.05, 0.1) is 19.2 Å². The van der Waals surface area contributed by atoms with Crippen molar-refractivity contribution >= 4 is 11.1 Å². The summed E-state index contributed by atoms with van der Waals surface area (Å²) in [5, 5.41) is 1.21. The first-order valence-corrected chi connectivity index (χ1v) is 11.1. The molecule has 0 amide bonds. The molecule has 0 unspecified atom stereocenters. The standard InChI is InChI=1S/C24H30N3O2/c1-2-27(13-12-26-10-4-3-5-11-26)19-8-9-20-24(16-19)29-23-15-18-7-6-14-28-22(18)17-21(23)25-20/h8-9,15-17H,2-7,10-14H2,1H3/q+1. The molecule has 0 aromatic heterocycles. The molecule has 0 atom stereocenters. The summed E-state index contributed by atoms with van der Waals surface area (Å²) in [4.78, 5) is 7.43. The van der Waals surface area contributed by atoms with Gasteiger partial charge in [0, 0.05) is 12.1 Å². The number of ether oxygens (including phenoxy) is 1. The Hall–Kier alpha value is -2.40. The van der Waals surface area contributed by atoms with Gasteiger partial charge in [0.2, 0.25) is 5.36 Å². The van der Waals surface area contributed by atoms with Gasteiger partial charge in [0.25, 0.3) is 0 Å². The molecule has 5 rings (SSSR count). The molecule has 0 saturated carbocycles. The van der Waals surface area contributed by atoms with Crippen LogP contribution in [0.15, 0.2) is 34.7 Å². The SMILES string of the molecule is CC[N+](CCN1CCCCC1)=c1ccc2nc3cc4c(cc3oc-2c1)CCCO4. The number of likely N-dealkylation sites (N-methyl/N-ethyl adjacent to an activating group) is 1. The second kappa shape index (κ2) is 8.15. The molecule has 1 aromatic carbocycles. The Kier molecular flexibility index (Phi) is 5.23. The fourth-order valence-electron chi connectivity index (χ4n) is 4.57. The van der Waals surface area contributed by atoms with E-state index in [-0.39, 0.29) is 0 Å². The largest absolute Gasteiger partial charge is 0.493 e. The van der Waals surface area contributed by atoms with E-state index < -0.39 is 0 Å². The molecule has 152 valence electrons. The molecule has 5 heteroatoms. The summed E-state index contributed by atoms with van der Waals surface area (Å²) in [6.45, 7) is 8.67. The Morgan fingerprint density at radius 3 is 2.83 bits per heavy atom. The minimum Gasteiger partial charge on any atom is -0.493 e. The summed E-state index contributed by atoms with van der Waals surface area (Å²) in [6.07, 6.45) is 6.17. The fraction of sp³-hybridized carbons (Fsp3) is 0.500. The van der Waals surface area contributed by atoms with Crippen LogP contribution in [-0.2, 0) is 6.42 Å². The Labute approximate surface area is 172 Å². The van der Waals surface area contributed by atoms with E-state index in [0.29, 0.717) is 0 Å². The highest BCUT2D eigenvalue weighted by atomic mass is 16.5. The van der Waals surface area contributed by atoms with E-state index >= 15 is 0 Å². The van der Waals surface area contributed by atoms with Gasteiger partial charge in [0.15, 0.2) is 17.9 Å². The van der Waals surface area contributed by atoms with E-state index in [4.69, 9.17) is 14.1 Å². The first kappa shape index (κ1) is 18.6. The Bertz CT molecular complexity index is 1050. The van der Waals surface area contributed by atoms with Crippen molar-refractivity contribution in [1.82, 2.24) is 14.5 Å². The number of aryl methyl sites for hydroxylation is 1. The van der Waals surface area contributed by atoms with Crippen LogP contribution in [0, 0.1) is 0 Å². The highest BCUT2D eigenvalue weighted by molar-refractivity contribution is 5.79. The quantitative estimate of drug-likeness (QED) is 0.503. The van der Waals surface area contributed by atoms with Crippen LogP contribution in [0.2, 0.25) is 0 Å². The highest BCUT2D eigenvalue weighted by Gasteiger charge is 2.17. The predicted molar refractivity (Wildman–Crippen MR) is 115 cm³/mol. The third-order valence-corrected chi connectivity index (χ3v) is 6.28. The smallest absolute Gasteiger partial charge is 0.203 e. The van der Waals surface area contributed by atoms with Crippen LogP contribution >= 0.6 is 0 Å². The summed E-state index contributed by atoms with van der Waals surface area (Å²) in [7, 11) is 0. The lowest BCUT2D eigenvalue weighted by Crippen LogP contribution is -2.39. The van der Waals surface area contributed by atoms with Gasteiger partial charge in [-0.05, 0) is 63.4 Å². The first-order chi connectivity index (χ1) is 14.3. The Morgan fingerprint density at radius 1 is 1.07 bits per heavy atom. The zero-order valence-electron chi connectivity index (χ0n) is 17.3. The maximum Gasteiger partial charge on any atom is 0.203 e. The number of benzene rings is 2. The monoisotopic (exact) mass is 392 g/mol. The van der Waals surface area contributed by atoms with Gasteiger partial charge >= 0.3 is 0 Å². The van der Waals surface area contributed by atoms with E-state index in [9.17, 15) is 0 Å². The predicted octanol–water partition coefficient (Wildman–Crippen LogP) is 3.54.